The summed E-state index contributed by atoms with van der Waals surface area (Å²) in [6.07, 6.45) is 15.0. The normalized spacial score (nSPS) is 11.6. The highest BCUT2D eigenvalue weighted by Crippen LogP contribution is 2.38. The molecular formula is C47H37N3. The lowest BCUT2D eigenvalue weighted by molar-refractivity contribution is 1.08. The van der Waals surface area contributed by atoms with Gasteiger partial charge in [-0.05, 0) is 92.7 Å². The Bertz CT molecular complexity index is 2400. The van der Waals surface area contributed by atoms with Gasteiger partial charge in [0.2, 0.25) is 0 Å². The van der Waals surface area contributed by atoms with Crippen LogP contribution >= 0.6 is 0 Å². The number of hydrogen-bond donors (Lipinski definition) is 1. The Morgan fingerprint density at radius 1 is 0.720 bits per heavy atom. The monoisotopic (exact) mass is 643 g/mol. The minimum absolute atomic E-state index is 0.824. The van der Waals surface area contributed by atoms with Gasteiger partial charge in [0.1, 0.15) is 0 Å². The molecule has 0 fully saturated rings. The van der Waals surface area contributed by atoms with Gasteiger partial charge in [-0.3, -0.25) is 4.98 Å². The minimum atomic E-state index is 0.824. The maximum absolute atomic E-state index is 7.77. The first-order chi connectivity index (χ1) is 24.6. The summed E-state index contributed by atoms with van der Waals surface area (Å²) in [5.41, 5.74) is 14.1. The van der Waals surface area contributed by atoms with Crippen LogP contribution in [-0.2, 0) is 0 Å². The van der Waals surface area contributed by atoms with E-state index in [4.69, 9.17) is 5.41 Å². The van der Waals surface area contributed by atoms with Crippen LogP contribution in [0.15, 0.2) is 165 Å². The molecule has 5 aromatic carbocycles. The second-order valence-electron chi connectivity index (χ2n) is 12.2. The van der Waals surface area contributed by atoms with E-state index in [0.29, 0.717) is 0 Å². The van der Waals surface area contributed by atoms with Crippen LogP contribution in [0.4, 0.5) is 0 Å². The largest absolute Gasteiger partial charge is 0.309 e. The summed E-state index contributed by atoms with van der Waals surface area (Å²) < 4.78 is 2.39. The van der Waals surface area contributed by atoms with Crippen molar-refractivity contribution in [1.29, 1.82) is 5.41 Å². The molecule has 0 radical (unpaired) electrons. The molecule has 0 amide bonds. The Labute approximate surface area is 294 Å². The Morgan fingerprint density at radius 3 is 2.20 bits per heavy atom. The highest BCUT2D eigenvalue weighted by molar-refractivity contribution is 6.08. The van der Waals surface area contributed by atoms with E-state index in [1.165, 1.54) is 22.6 Å². The van der Waals surface area contributed by atoms with Crippen LogP contribution in [0.5, 0.6) is 0 Å². The quantitative estimate of drug-likeness (QED) is 0.117. The minimum Gasteiger partial charge on any atom is -0.309 e. The van der Waals surface area contributed by atoms with Crippen LogP contribution in [0, 0.1) is 12.3 Å². The summed E-state index contributed by atoms with van der Waals surface area (Å²) in [5, 5.41) is 10.2. The number of hydrogen-bond acceptors (Lipinski definition) is 2. The predicted molar refractivity (Wildman–Crippen MR) is 215 cm³/mol. The Hall–Kier alpha value is -6.58. The smallest absolute Gasteiger partial charge is 0.0570 e. The molecule has 1 N–H and O–H groups in total. The molecule has 0 aliphatic carbocycles. The molecular weight excluding hydrogens is 607 g/mol. The SMILES string of the molecule is C=C/C=C(\C=N)c1ccc(-c2ccc(-c3c(C)cc(/C=C/c4ccc(-c5cccnc5)cc4)n3-c3cccc4ccccc34)c(C=C)c2)cc1. The molecule has 0 saturated carbocycles. The van der Waals surface area contributed by atoms with Crippen LogP contribution < -0.4 is 0 Å². The van der Waals surface area contributed by atoms with E-state index >= 15 is 0 Å². The van der Waals surface area contributed by atoms with Crippen molar-refractivity contribution in [1.82, 2.24) is 9.55 Å². The second kappa shape index (κ2) is 14.3. The van der Waals surface area contributed by atoms with Gasteiger partial charge in [0, 0.05) is 35.3 Å². The van der Waals surface area contributed by atoms with Crippen molar-refractivity contribution in [2.75, 3.05) is 0 Å². The molecule has 2 heterocycles. The second-order valence-corrected chi connectivity index (χ2v) is 12.2. The van der Waals surface area contributed by atoms with Crippen LogP contribution in [0.25, 0.3) is 73.8 Å². The van der Waals surface area contributed by atoms with Gasteiger partial charge in [-0.25, -0.2) is 0 Å². The molecule has 0 unspecified atom stereocenters. The highest BCUT2D eigenvalue weighted by Gasteiger charge is 2.19. The van der Waals surface area contributed by atoms with Crippen molar-refractivity contribution >= 4 is 40.8 Å². The summed E-state index contributed by atoms with van der Waals surface area (Å²) in [7, 11) is 0. The van der Waals surface area contributed by atoms with Crippen LogP contribution in [0.1, 0.15) is 27.9 Å². The molecule has 7 aromatic rings. The summed E-state index contributed by atoms with van der Waals surface area (Å²) in [6.45, 7) is 10.2. The number of benzene rings is 5. The fourth-order valence-corrected chi connectivity index (χ4v) is 6.62. The maximum Gasteiger partial charge on any atom is 0.0570 e. The Kier molecular flexibility index (Phi) is 9.13. The van der Waals surface area contributed by atoms with Gasteiger partial charge in [-0.2, -0.15) is 0 Å². The first-order valence-electron chi connectivity index (χ1n) is 16.7. The zero-order valence-electron chi connectivity index (χ0n) is 28.1. The van der Waals surface area contributed by atoms with E-state index in [0.717, 1.165) is 67.2 Å². The average Bonchev–Trinajstić information content (AvgIpc) is 3.51. The molecule has 3 nitrogen and oxygen atoms in total. The van der Waals surface area contributed by atoms with Crippen molar-refractivity contribution in [3.8, 4) is 39.2 Å². The molecule has 7 rings (SSSR count). The number of nitrogens with one attached hydrogen (secondary N) is 1. The summed E-state index contributed by atoms with van der Waals surface area (Å²) >= 11 is 0. The summed E-state index contributed by atoms with van der Waals surface area (Å²) in [6, 6.07) is 44.9. The third-order valence-corrected chi connectivity index (χ3v) is 9.11. The van der Waals surface area contributed by atoms with E-state index in [-0.39, 0.29) is 0 Å². The third kappa shape index (κ3) is 6.33. The molecule has 0 bridgehead atoms. The van der Waals surface area contributed by atoms with E-state index in [2.05, 4.69) is 163 Å². The van der Waals surface area contributed by atoms with Gasteiger partial charge >= 0.3 is 0 Å². The molecule has 0 aliphatic heterocycles. The molecule has 0 atom stereocenters. The number of rotatable bonds is 10. The molecule has 2 aromatic heterocycles. The average molecular weight is 644 g/mol. The molecule has 0 saturated heterocycles. The lowest BCUT2D eigenvalue weighted by Crippen LogP contribution is -2.02. The van der Waals surface area contributed by atoms with Gasteiger partial charge in [0.15, 0.2) is 0 Å². The zero-order valence-corrected chi connectivity index (χ0v) is 28.1. The first-order valence-corrected chi connectivity index (χ1v) is 16.7. The number of allylic oxidation sites excluding steroid dienone is 3. The van der Waals surface area contributed by atoms with Crippen molar-refractivity contribution in [3.05, 3.63) is 193 Å². The van der Waals surface area contributed by atoms with Gasteiger partial charge in [-0.15, -0.1) is 0 Å². The van der Waals surface area contributed by atoms with Crippen molar-refractivity contribution in [2.24, 2.45) is 0 Å². The standard InChI is InChI=1S/C47H37N3/c1-4-10-41(31-48)37-23-21-36(22-24-37)40-25-27-45(35(5-2)30-40)47-33(3)29-43(50(47)46-15-8-12-39-11-6-7-14-44(39)46)26-18-34-16-19-38(20-17-34)42-13-9-28-49-32-42/h4-32,48H,1-2H2,3H3/b26-18+,41-10+,48-31?. The van der Waals surface area contributed by atoms with Gasteiger partial charge in [0.05, 0.1) is 11.4 Å². The Balaban J connectivity index is 1.33. The molecule has 50 heavy (non-hydrogen) atoms. The van der Waals surface area contributed by atoms with Crippen molar-refractivity contribution < 1.29 is 0 Å². The number of aryl methyl sites for hydroxylation is 1. The number of aromatic nitrogens is 2. The fraction of sp³-hybridized carbons (Fsp3) is 0.0213. The molecule has 0 aliphatic rings. The topological polar surface area (TPSA) is 41.7 Å². The van der Waals surface area contributed by atoms with E-state index in [1.54, 1.807) is 12.3 Å². The fourth-order valence-electron chi connectivity index (χ4n) is 6.62. The van der Waals surface area contributed by atoms with Gasteiger partial charge in [-0.1, -0.05) is 141 Å². The highest BCUT2D eigenvalue weighted by atomic mass is 15.0. The van der Waals surface area contributed by atoms with E-state index < -0.39 is 0 Å². The molecule has 0 spiro atoms. The lowest BCUT2D eigenvalue weighted by atomic mass is 9.95. The number of pyridine rings is 1. The van der Waals surface area contributed by atoms with Gasteiger partial charge < -0.3 is 9.98 Å². The van der Waals surface area contributed by atoms with E-state index in [1.807, 2.05) is 24.4 Å². The third-order valence-electron chi connectivity index (χ3n) is 9.11. The maximum atomic E-state index is 7.77. The number of nitrogens with zero attached hydrogens (tertiary/aromatic N) is 2. The van der Waals surface area contributed by atoms with Crippen LogP contribution in [0.2, 0.25) is 0 Å². The van der Waals surface area contributed by atoms with Crippen LogP contribution in [-0.4, -0.2) is 15.8 Å². The number of fused-ring (bicyclic) bond motifs is 1. The zero-order chi connectivity index (χ0) is 34.5. The van der Waals surface area contributed by atoms with Crippen molar-refractivity contribution in [3.63, 3.8) is 0 Å². The molecule has 3 heteroatoms. The van der Waals surface area contributed by atoms with Gasteiger partial charge in [0.25, 0.3) is 0 Å². The lowest BCUT2D eigenvalue weighted by Gasteiger charge is -2.18. The van der Waals surface area contributed by atoms with Crippen molar-refractivity contribution in [2.45, 2.75) is 6.92 Å². The first kappa shape index (κ1) is 32.0. The predicted octanol–water partition coefficient (Wildman–Crippen LogP) is 12.4. The summed E-state index contributed by atoms with van der Waals surface area (Å²) in [4.78, 5) is 4.27. The van der Waals surface area contributed by atoms with Crippen LogP contribution in [0.3, 0.4) is 0 Å². The summed E-state index contributed by atoms with van der Waals surface area (Å²) in [5.74, 6) is 0. The van der Waals surface area contributed by atoms with E-state index in [9.17, 15) is 0 Å². The Morgan fingerprint density at radius 2 is 1.46 bits per heavy atom. The molecule has 240 valence electrons.